The van der Waals surface area contributed by atoms with Crippen molar-refractivity contribution in [2.45, 2.75) is 27.1 Å². The van der Waals surface area contributed by atoms with Gasteiger partial charge >= 0.3 is 17.6 Å². The summed E-state index contributed by atoms with van der Waals surface area (Å²) in [7, 11) is 0. The number of aromatic nitrogens is 2. The van der Waals surface area contributed by atoms with E-state index in [0.29, 0.717) is 9.16 Å². The standard InChI is InChI=1S/C14H13Cl2N2O6/c1-7(19)23-5-13-14(6-24-8(2)20)18(22)12-4-10(16)9(15)3-11(12)17(13)21/h3-4,21H,5-6H2,1-2H3/q+1. The molecule has 0 aliphatic rings. The third-order valence-electron chi connectivity index (χ3n) is 3.12. The third kappa shape index (κ3) is 3.60. The number of esters is 2. The summed E-state index contributed by atoms with van der Waals surface area (Å²) in [4.78, 5) is 34.6. The van der Waals surface area contributed by atoms with Crippen molar-refractivity contribution in [3.05, 3.63) is 38.5 Å². The largest absolute Gasteiger partial charge is 0.459 e. The lowest BCUT2D eigenvalue weighted by atomic mass is 10.2. The van der Waals surface area contributed by atoms with E-state index in [1.54, 1.807) is 0 Å². The van der Waals surface area contributed by atoms with Crippen molar-refractivity contribution < 1.29 is 28.7 Å². The first-order chi connectivity index (χ1) is 11.2. The highest BCUT2D eigenvalue weighted by molar-refractivity contribution is 6.42. The molecule has 0 spiro atoms. The monoisotopic (exact) mass is 375 g/mol. The lowest BCUT2D eigenvalue weighted by molar-refractivity contribution is -0.480. The Balaban J connectivity index is 2.73. The van der Waals surface area contributed by atoms with E-state index >= 15 is 0 Å². The van der Waals surface area contributed by atoms with Crippen molar-refractivity contribution >= 4 is 46.2 Å². The van der Waals surface area contributed by atoms with Gasteiger partial charge in [-0.3, -0.25) is 9.59 Å². The third-order valence-corrected chi connectivity index (χ3v) is 3.84. The molecule has 2 rings (SSSR count). The van der Waals surface area contributed by atoms with Crippen molar-refractivity contribution in [2.24, 2.45) is 0 Å². The fourth-order valence-corrected chi connectivity index (χ4v) is 2.33. The first kappa shape index (κ1) is 18.0. The predicted molar refractivity (Wildman–Crippen MR) is 83.4 cm³/mol. The molecule has 24 heavy (non-hydrogen) atoms. The van der Waals surface area contributed by atoms with Crippen molar-refractivity contribution in [3.63, 3.8) is 0 Å². The number of ether oxygens (including phenoxy) is 2. The molecule has 128 valence electrons. The summed E-state index contributed by atoms with van der Waals surface area (Å²) in [5.74, 6) is -1.23. The van der Waals surface area contributed by atoms with Crippen LogP contribution in [0.15, 0.2) is 12.1 Å². The van der Waals surface area contributed by atoms with Crippen molar-refractivity contribution in [1.82, 2.24) is 4.73 Å². The molecule has 0 saturated carbocycles. The lowest BCUT2D eigenvalue weighted by Gasteiger charge is -2.10. The first-order valence-electron chi connectivity index (χ1n) is 6.66. The Labute approximate surface area is 145 Å². The van der Waals surface area contributed by atoms with Crippen LogP contribution >= 0.6 is 23.2 Å². The quantitative estimate of drug-likeness (QED) is 0.499. The summed E-state index contributed by atoms with van der Waals surface area (Å²) >= 11 is 11.8. The van der Waals surface area contributed by atoms with E-state index in [4.69, 9.17) is 32.7 Å². The van der Waals surface area contributed by atoms with Crippen LogP contribution in [0.2, 0.25) is 10.0 Å². The van der Waals surface area contributed by atoms with Crippen LogP contribution in [0.25, 0.3) is 11.0 Å². The summed E-state index contributed by atoms with van der Waals surface area (Å²) in [5, 5.41) is 10.6. The molecule has 2 aromatic rings. The predicted octanol–water partition coefficient (Wildman–Crippen LogP) is 2.23. The molecule has 1 aromatic carbocycles. The molecule has 0 saturated heterocycles. The highest BCUT2D eigenvalue weighted by Crippen LogP contribution is 2.27. The maximum atomic E-state index is 12.6. The van der Waals surface area contributed by atoms with Crippen molar-refractivity contribution in [1.29, 1.82) is 0 Å². The van der Waals surface area contributed by atoms with Crippen LogP contribution in [0.3, 0.4) is 0 Å². The lowest BCUT2D eigenvalue weighted by Crippen LogP contribution is -2.30. The fourth-order valence-electron chi connectivity index (χ4n) is 2.01. The molecule has 0 amide bonds. The van der Waals surface area contributed by atoms with E-state index in [9.17, 15) is 19.7 Å². The van der Waals surface area contributed by atoms with Crippen LogP contribution in [-0.2, 0) is 32.3 Å². The maximum absolute atomic E-state index is 12.6. The molecule has 0 atom stereocenters. The van der Waals surface area contributed by atoms with E-state index < -0.39 is 25.2 Å². The number of hydrogen-bond donors (Lipinski definition) is 1. The van der Waals surface area contributed by atoms with Gasteiger partial charge in [0, 0.05) is 24.8 Å². The molecule has 1 heterocycles. The Hall–Kier alpha value is -2.32. The number of rotatable bonds is 4. The number of halogens is 2. The van der Waals surface area contributed by atoms with Gasteiger partial charge in [0.2, 0.25) is 0 Å². The molecule has 0 radical (unpaired) electrons. The second-order valence-electron chi connectivity index (χ2n) is 4.82. The van der Waals surface area contributed by atoms with E-state index in [0.717, 1.165) is 0 Å². The second-order valence-corrected chi connectivity index (χ2v) is 5.63. The van der Waals surface area contributed by atoms with Gasteiger partial charge in [-0.15, -0.1) is 0 Å². The van der Waals surface area contributed by atoms with E-state index in [-0.39, 0.29) is 32.5 Å². The number of nitrogens with zero attached hydrogens (tertiary/aromatic N) is 2. The van der Waals surface area contributed by atoms with Crippen LogP contribution in [-0.4, -0.2) is 21.9 Å². The Bertz CT molecular complexity index is 893. The zero-order valence-corrected chi connectivity index (χ0v) is 14.2. The Kier molecular flexibility index (Phi) is 5.30. The van der Waals surface area contributed by atoms with Gasteiger partial charge in [0.1, 0.15) is 6.61 Å². The van der Waals surface area contributed by atoms with Crippen LogP contribution in [0, 0.1) is 4.91 Å². The topological polar surface area (TPSA) is 101 Å². The molecule has 8 nitrogen and oxygen atoms in total. The fraction of sp³-hybridized carbons (Fsp3) is 0.286. The van der Waals surface area contributed by atoms with Gasteiger partial charge < -0.3 is 14.7 Å². The highest BCUT2D eigenvalue weighted by Gasteiger charge is 2.28. The number of carbonyl (C=O) groups excluding carboxylic acids is 2. The Morgan fingerprint density at radius 2 is 1.67 bits per heavy atom. The average molecular weight is 376 g/mol. The first-order valence-corrected chi connectivity index (χ1v) is 7.42. The molecule has 1 aromatic heterocycles. The minimum absolute atomic E-state index is 0.000581. The normalized spacial score (nSPS) is 10.7. The van der Waals surface area contributed by atoms with E-state index in [2.05, 4.69) is 0 Å². The molecule has 0 aliphatic heterocycles. The summed E-state index contributed by atoms with van der Waals surface area (Å²) in [6.07, 6.45) is 0. The summed E-state index contributed by atoms with van der Waals surface area (Å²) < 4.78 is 10.8. The number of benzene rings is 1. The van der Waals surface area contributed by atoms with E-state index in [1.807, 2.05) is 0 Å². The Morgan fingerprint density at radius 1 is 1.12 bits per heavy atom. The average Bonchev–Trinajstić information content (AvgIpc) is 2.50. The smallest absolute Gasteiger partial charge is 0.303 e. The van der Waals surface area contributed by atoms with Crippen LogP contribution in [0.1, 0.15) is 25.2 Å². The van der Waals surface area contributed by atoms with Gasteiger partial charge in [-0.2, -0.15) is 4.73 Å². The van der Waals surface area contributed by atoms with Gasteiger partial charge in [0.05, 0.1) is 14.5 Å². The SMILES string of the molecule is CC(=O)OCc1c(COC(C)=O)[n+](=O)c2cc(Cl)c(Cl)cc2n1O. The molecular formula is C14H13Cl2N2O6+. The van der Waals surface area contributed by atoms with Gasteiger partial charge in [0.25, 0.3) is 5.52 Å². The van der Waals surface area contributed by atoms with Gasteiger partial charge in [-0.05, 0) is 6.07 Å². The van der Waals surface area contributed by atoms with Crippen LogP contribution in [0.4, 0.5) is 0 Å². The number of carbonyl (C=O) groups is 2. The molecule has 10 heteroatoms. The van der Waals surface area contributed by atoms with Crippen LogP contribution in [0.5, 0.6) is 0 Å². The summed E-state index contributed by atoms with van der Waals surface area (Å²) in [6.45, 7) is 1.52. The molecule has 1 N–H and O–H groups in total. The minimum atomic E-state index is -0.618. The van der Waals surface area contributed by atoms with Gasteiger partial charge in [-0.1, -0.05) is 23.2 Å². The second kappa shape index (κ2) is 7.06. The summed E-state index contributed by atoms with van der Waals surface area (Å²) in [5.41, 5.74) is -0.124. The molecule has 0 unspecified atom stereocenters. The molecular weight excluding hydrogens is 363 g/mol. The minimum Gasteiger partial charge on any atom is -0.459 e. The van der Waals surface area contributed by atoms with Crippen LogP contribution < -0.4 is 4.43 Å². The number of fused-ring (bicyclic) bond motifs is 1. The zero-order chi connectivity index (χ0) is 18.0. The highest BCUT2D eigenvalue weighted by atomic mass is 35.5. The Morgan fingerprint density at radius 3 is 2.25 bits per heavy atom. The summed E-state index contributed by atoms with van der Waals surface area (Å²) in [6, 6.07) is 2.56. The number of hydrogen-bond acceptors (Lipinski definition) is 6. The van der Waals surface area contributed by atoms with Crippen molar-refractivity contribution in [3.8, 4) is 0 Å². The maximum Gasteiger partial charge on any atom is 0.303 e. The molecule has 0 fully saturated rings. The van der Waals surface area contributed by atoms with Gasteiger partial charge in [0.15, 0.2) is 17.8 Å². The van der Waals surface area contributed by atoms with Crippen molar-refractivity contribution in [2.75, 3.05) is 0 Å². The zero-order valence-electron chi connectivity index (χ0n) is 12.7. The van der Waals surface area contributed by atoms with Gasteiger partial charge in [-0.25, -0.2) is 0 Å². The molecule has 0 bridgehead atoms. The van der Waals surface area contributed by atoms with E-state index in [1.165, 1.54) is 26.0 Å². The molecule has 0 aliphatic carbocycles.